The number of anilines is 2. The van der Waals surface area contributed by atoms with E-state index in [9.17, 15) is 14.0 Å². The first-order valence-electron chi connectivity index (χ1n) is 6.68. The minimum Gasteiger partial charge on any atom is -0.326 e. The molecule has 3 rings (SSSR count). The first-order chi connectivity index (χ1) is 10.5. The van der Waals surface area contributed by atoms with Gasteiger partial charge in [-0.05, 0) is 35.9 Å². The van der Waals surface area contributed by atoms with Gasteiger partial charge in [-0.25, -0.2) is 4.39 Å². The summed E-state index contributed by atoms with van der Waals surface area (Å²) >= 11 is 3.33. The molecule has 0 aromatic heterocycles. The van der Waals surface area contributed by atoms with Crippen LogP contribution in [0.5, 0.6) is 0 Å². The fraction of sp³-hybridized carbons (Fsp3) is 0.125. The van der Waals surface area contributed by atoms with Crippen LogP contribution < -0.4 is 10.6 Å². The van der Waals surface area contributed by atoms with Gasteiger partial charge in [-0.15, -0.1) is 0 Å². The molecule has 4 nitrogen and oxygen atoms in total. The van der Waals surface area contributed by atoms with E-state index in [0.717, 1.165) is 4.47 Å². The number of benzene rings is 2. The van der Waals surface area contributed by atoms with Crippen molar-refractivity contribution in [2.24, 2.45) is 0 Å². The van der Waals surface area contributed by atoms with Crippen LogP contribution in [0, 0.1) is 5.82 Å². The van der Waals surface area contributed by atoms with E-state index >= 15 is 0 Å². The number of hydrogen-bond donors (Lipinski definition) is 2. The highest BCUT2D eigenvalue weighted by molar-refractivity contribution is 9.10. The molecule has 0 spiro atoms. The molecule has 112 valence electrons. The molecule has 0 saturated heterocycles. The lowest BCUT2D eigenvalue weighted by molar-refractivity contribution is -0.123. The number of rotatable bonds is 2. The van der Waals surface area contributed by atoms with Crippen LogP contribution in [0.3, 0.4) is 0 Å². The Balaban J connectivity index is 1.88. The Morgan fingerprint density at radius 1 is 1.27 bits per heavy atom. The molecule has 1 aliphatic heterocycles. The zero-order chi connectivity index (χ0) is 15.7. The van der Waals surface area contributed by atoms with Gasteiger partial charge in [0.1, 0.15) is 5.82 Å². The largest absolute Gasteiger partial charge is 0.326 e. The summed E-state index contributed by atoms with van der Waals surface area (Å²) < 4.78 is 14.1. The van der Waals surface area contributed by atoms with Crippen molar-refractivity contribution >= 4 is 39.1 Å². The summed E-state index contributed by atoms with van der Waals surface area (Å²) in [5.41, 5.74) is 1.60. The third kappa shape index (κ3) is 3.01. The molecule has 0 saturated carbocycles. The monoisotopic (exact) mass is 362 g/mol. The van der Waals surface area contributed by atoms with E-state index < -0.39 is 11.7 Å². The van der Waals surface area contributed by atoms with Crippen LogP contribution in [0.1, 0.15) is 17.9 Å². The average Bonchev–Trinajstić information content (AvgIpc) is 2.45. The fourth-order valence-electron chi connectivity index (χ4n) is 2.47. The van der Waals surface area contributed by atoms with Crippen LogP contribution in [0.15, 0.2) is 46.9 Å². The van der Waals surface area contributed by atoms with Gasteiger partial charge < -0.3 is 10.6 Å². The predicted octanol–water partition coefficient (Wildman–Crippen LogP) is 3.65. The van der Waals surface area contributed by atoms with Gasteiger partial charge in [0.15, 0.2) is 0 Å². The molecule has 0 radical (unpaired) electrons. The maximum absolute atomic E-state index is 13.3. The summed E-state index contributed by atoms with van der Waals surface area (Å²) in [6.45, 7) is 0. The Morgan fingerprint density at radius 2 is 2.09 bits per heavy atom. The number of halogens is 2. The highest BCUT2D eigenvalue weighted by Gasteiger charge is 2.30. The maximum Gasteiger partial charge on any atom is 0.232 e. The molecule has 22 heavy (non-hydrogen) atoms. The Hall–Kier alpha value is -2.21. The van der Waals surface area contributed by atoms with Crippen LogP contribution >= 0.6 is 15.9 Å². The van der Waals surface area contributed by atoms with Crippen molar-refractivity contribution in [1.82, 2.24) is 0 Å². The first-order valence-corrected chi connectivity index (χ1v) is 7.48. The van der Waals surface area contributed by atoms with Gasteiger partial charge >= 0.3 is 0 Å². The Labute approximate surface area is 134 Å². The summed E-state index contributed by atoms with van der Waals surface area (Å²) in [6, 6.07) is 11.2. The van der Waals surface area contributed by atoms with Gasteiger partial charge in [0.05, 0.1) is 5.92 Å². The fourth-order valence-corrected chi connectivity index (χ4v) is 2.87. The highest BCUT2D eigenvalue weighted by Crippen LogP contribution is 2.33. The van der Waals surface area contributed by atoms with Gasteiger partial charge in [0, 0.05) is 22.3 Å². The molecular formula is C16H12BrFN2O2. The number of amides is 2. The van der Waals surface area contributed by atoms with E-state index in [-0.39, 0.29) is 18.2 Å². The van der Waals surface area contributed by atoms with Crippen molar-refractivity contribution in [3.05, 3.63) is 58.3 Å². The van der Waals surface area contributed by atoms with E-state index in [1.165, 1.54) is 18.2 Å². The molecule has 1 aliphatic rings. The maximum atomic E-state index is 13.3. The lowest BCUT2D eigenvalue weighted by atomic mass is 9.89. The van der Waals surface area contributed by atoms with Gasteiger partial charge in [0.25, 0.3) is 0 Å². The molecule has 2 aromatic carbocycles. The predicted molar refractivity (Wildman–Crippen MR) is 85.2 cm³/mol. The Kier molecular flexibility index (Phi) is 3.94. The third-order valence-electron chi connectivity index (χ3n) is 3.46. The standard InChI is InChI=1S/C16H12BrFN2O2/c17-9-2-1-3-11(6-9)19-16(22)13-8-15(21)20-14-7-10(18)4-5-12(13)14/h1-7,13H,8H2,(H,19,22)(H,20,21). The number of carbonyl (C=O) groups excluding carboxylic acids is 2. The summed E-state index contributed by atoms with van der Waals surface area (Å²) in [5.74, 6) is -1.68. The van der Waals surface area contributed by atoms with Crippen LogP contribution in [-0.2, 0) is 9.59 Å². The van der Waals surface area contributed by atoms with E-state index in [0.29, 0.717) is 16.9 Å². The van der Waals surface area contributed by atoms with E-state index in [4.69, 9.17) is 0 Å². The molecule has 1 unspecified atom stereocenters. The molecule has 2 N–H and O–H groups in total. The van der Waals surface area contributed by atoms with E-state index in [2.05, 4.69) is 26.6 Å². The average molecular weight is 363 g/mol. The zero-order valence-corrected chi connectivity index (χ0v) is 13.0. The Bertz CT molecular complexity index is 764. The van der Waals surface area contributed by atoms with Crippen molar-refractivity contribution in [2.75, 3.05) is 10.6 Å². The molecule has 0 bridgehead atoms. The smallest absolute Gasteiger partial charge is 0.232 e. The van der Waals surface area contributed by atoms with Gasteiger partial charge in [-0.1, -0.05) is 28.1 Å². The molecule has 0 aliphatic carbocycles. The molecule has 1 atom stereocenters. The first kappa shape index (κ1) is 14.7. The second-order valence-corrected chi connectivity index (χ2v) is 5.95. The lowest BCUT2D eigenvalue weighted by Gasteiger charge is -2.24. The van der Waals surface area contributed by atoms with Gasteiger partial charge in [-0.3, -0.25) is 9.59 Å². The second kappa shape index (κ2) is 5.88. The van der Waals surface area contributed by atoms with E-state index in [1.807, 2.05) is 6.07 Å². The van der Waals surface area contributed by atoms with Crippen molar-refractivity contribution < 1.29 is 14.0 Å². The Morgan fingerprint density at radius 3 is 2.86 bits per heavy atom. The number of carbonyl (C=O) groups is 2. The molecule has 0 fully saturated rings. The summed E-state index contributed by atoms with van der Waals surface area (Å²) in [7, 11) is 0. The molecule has 2 amide bonds. The minimum absolute atomic E-state index is 0.0401. The van der Waals surface area contributed by atoms with Crippen molar-refractivity contribution in [1.29, 1.82) is 0 Å². The summed E-state index contributed by atoms with van der Waals surface area (Å²) in [5, 5.41) is 5.38. The van der Waals surface area contributed by atoms with Crippen LogP contribution in [0.4, 0.5) is 15.8 Å². The quantitative estimate of drug-likeness (QED) is 0.856. The third-order valence-corrected chi connectivity index (χ3v) is 3.96. The molecule has 2 aromatic rings. The molecule has 1 heterocycles. The van der Waals surface area contributed by atoms with Crippen molar-refractivity contribution in [2.45, 2.75) is 12.3 Å². The lowest BCUT2D eigenvalue weighted by Crippen LogP contribution is -2.30. The number of nitrogens with one attached hydrogen (secondary N) is 2. The van der Waals surface area contributed by atoms with Crippen molar-refractivity contribution in [3.63, 3.8) is 0 Å². The topological polar surface area (TPSA) is 58.2 Å². The minimum atomic E-state index is -0.636. The zero-order valence-electron chi connectivity index (χ0n) is 11.4. The van der Waals surface area contributed by atoms with E-state index in [1.54, 1.807) is 18.2 Å². The molecule has 6 heteroatoms. The highest BCUT2D eigenvalue weighted by atomic mass is 79.9. The van der Waals surface area contributed by atoms with Crippen LogP contribution in [0.2, 0.25) is 0 Å². The number of fused-ring (bicyclic) bond motifs is 1. The number of hydrogen-bond acceptors (Lipinski definition) is 2. The second-order valence-electron chi connectivity index (χ2n) is 5.04. The summed E-state index contributed by atoms with van der Waals surface area (Å²) in [4.78, 5) is 24.2. The molecular weight excluding hydrogens is 351 g/mol. The van der Waals surface area contributed by atoms with Gasteiger partial charge in [0.2, 0.25) is 11.8 Å². The van der Waals surface area contributed by atoms with Gasteiger partial charge in [-0.2, -0.15) is 0 Å². The SMILES string of the molecule is O=C1CC(C(=O)Nc2cccc(Br)c2)c2ccc(F)cc2N1. The van der Waals surface area contributed by atoms with Crippen LogP contribution in [-0.4, -0.2) is 11.8 Å². The van der Waals surface area contributed by atoms with Crippen LogP contribution in [0.25, 0.3) is 0 Å². The normalized spacial score (nSPS) is 16.6. The van der Waals surface area contributed by atoms with Crippen molar-refractivity contribution in [3.8, 4) is 0 Å². The summed E-state index contributed by atoms with van der Waals surface area (Å²) in [6.07, 6.45) is 0.0401.